The second-order valence-electron chi connectivity index (χ2n) is 8.81. The predicted molar refractivity (Wildman–Crippen MR) is 119 cm³/mol. The number of carbonyl (C=O) groups excluding carboxylic acids is 2. The smallest absolute Gasteiger partial charge is 0.251 e. The molecule has 11 heteroatoms. The van der Waals surface area contributed by atoms with E-state index in [4.69, 9.17) is 13.3 Å². The minimum absolute atomic E-state index is 0.0354. The number of nitrogens with zero attached hydrogens (tertiary/aromatic N) is 5. The molecule has 0 radical (unpaired) electrons. The van der Waals surface area contributed by atoms with E-state index in [0.29, 0.717) is 23.0 Å². The van der Waals surface area contributed by atoms with Crippen LogP contribution in [0.15, 0.2) is 62.2 Å². The Morgan fingerprint density at radius 1 is 1.12 bits per heavy atom. The fourth-order valence-corrected chi connectivity index (χ4v) is 3.38. The third kappa shape index (κ3) is 5.42. The van der Waals surface area contributed by atoms with Crippen LogP contribution in [0.3, 0.4) is 0 Å². The Labute approximate surface area is 195 Å². The zero-order valence-corrected chi connectivity index (χ0v) is 19.4. The number of carbonyl (C=O) groups is 2. The summed E-state index contributed by atoms with van der Waals surface area (Å²) in [4.78, 5) is 29.4. The molecule has 4 aromatic rings. The molecule has 1 atom stereocenters. The van der Waals surface area contributed by atoms with Crippen LogP contribution >= 0.6 is 0 Å². The number of hydrogen-bond donors (Lipinski definition) is 1. The first-order chi connectivity index (χ1) is 16.2. The number of aromatic nitrogens is 4. The topological polar surface area (TPSA) is 132 Å². The van der Waals surface area contributed by atoms with Crippen LogP contribution in [0.2, 0.25) is 0 Å². The van der Waals surface area contributed by atoms with Crippen molar-refractivity contribution in [3.05, 3.63) is 66.2 Å². The summed E-state index contributed by atoms with van der Waals surface area (Å²) in [5.74, 6) is 1.42. The zero-order chi connectivity index (χ0) is 24.3. The lowest BCUT2D eigenvalue weighted by Crippen LogP contribution is -2.49. The van der Waals surface area contributed by atoms with Crippen molar-refractivity contribution in [1.29, 1.82) is 0 Å². The molecule has 34 heavy (non-hydrogen) atoms. The van der Waals surface area contributed by atoms with E-state index in [-0.39, 0.29) is 24.8 Å². The van der Waals surface area contributed by atoms with Gasteiger partial charge in [-0.25, -0.2) is 0 Å². The molecule has 11 nitrogen and oxygen atoms in total. The third-order valence-corrected chi connectivity index (χ3v) is 4.79. The largest absolute Gasteiger partial charge is 0.467 e. The van der Waals surface area contributed by atoms with Gasteiger partial charge in [0.05, 0.1) is 19.1 Å². The minimum Gasteiger partial charge on any atom is -0.467 e. The van der Waals surface area contributed by atoms with E-state index >= 15 is 0 Å². The molecule has 0 aliphatic carbocycles. The fraction of sp³-hybridized carbons (Fsp3) is 0.348. The average molecular weight is 466 g/mol. The van der Waals surface area contributed by atoms with Crippen molar-refractivity contribution < 1.29 is 22.8 Å². The van der Waals surface area contributed by atoms with Gasteiger partial charge >= 0.3 is 0 Å². The van der Waals surface area contributed by atoms with Gasteiger partial charge in [0, 0.05) is 5.54 Å². The predicted octanol–water partition coefficient (Wildman–Crippen LogP) is 3.11. The summed E-state index contributed by atoms with van der Waals surface area (Å²) in [5, 5.41) is 15.1. The Hall–Kier alpha value is -4.15. The third-order valence-electron chi connectivity index (χ3n) is 4.79. The SMILES string of the molecule is Cc1ccc(-c2nnn(CC(=O)N(Cc3ccco3)C(C(=O)NC(C)(C)C)c3ccco3)n2)o1. The number of amides is 2. The highest BCUT2D eigenvalue weighted by Crippen LogP contribution is 2.26. The van der Waals surface area contributed by atoms with Crippen LogP contribution in [0, 0.1) is 6.92 Å². The molecule has 0 saturated carbocycles. The van der Waals surface area contributed by atoms with E-state index in [0.717, 1.165) is 4.80 Å². The van der Waals surface area contributed by atoms with Crippen LogP contribution in [-0.2, 0) is 22.7 Å². The normalized spacial score (nSPS) is 12.5. The summed E-state index contributed by atoms with van der Waals surface area (Å²) in [6.07, 6.45) is 2.96. The van der Waals surface area contributed by atoms with Crippen molar-refractivity contribution in [3.8, 4) is 11.6 Å². The Morgan fingerprint density at radius 3 is 2.50 bits per heavy atom. The van der Waals surface area contributed by atoms with Gasteiger partial charge in [-0.05, 0) is 69.3 Å². The van der Waals surface area contributed by atoms with E-state index in [1.54, 1.807) is 43.3 Å². The molecule has 0 spiro atoms. The first kappa shape index (κ1) is 23.0. The summed E-state index contributed by atoms with van der Waals surface area (Å²) in [7, 11) is 0. The molecule has 1 unspecified atom stereocenters. The highest BCUT2D eigenvalue weighted by Gasteiger charge is 2.36. The maximum Gasteiger partial charge on any atom is 0.251 e. The molecule has 1 N–H and O–H groups in total. The van der Waals surface area contributed by atoms with Crippen LogP contribution in [0.25, 0.3) is 11.6 Å². The van der Waals surface area contributed by atoms with Gasteiger partial charge in [-0.15, -0.1) is 10.2 Å². The zero-order valence-electron chi connectivity index (χ0n) is 19.4. The number of tetrazole rings is 1. The van der Waals surface area contributed by atoms with E-state index in [1.807, 2.05) is 20.8 Å². The van der Waals surface area contributed by atoms with Crippen LogP contribution < -0.4 is 5.32 Å². The Morgan fingerprint density at radius 2 is 1.88 bits per heavy atom. The maximum atomic E-state index is 13.5. The number of aryl methyl sites for hydroxylation is 1. The molecule has 0 aliphatic heterocycles. The van der Waals surface area contributed by atoms with Crippen molar-refractivity contribution >= 4 is 11.8 Å². The van der Waals surface area contributed by atoms with Crippen molar-refractivity contribution in [3.63, 3.8) is 0 Å². The highest BCUT2D eigenvalue weighted by molar-refractivity contribution is 5.88. The molecule has 0 bridgehead atoms. The second kappa shape index (κ2) is 9.38. The van der Waals surface area contributed by atoms with Crippen molar-refractivity contribution in [2.75, 3.05) is 0 Å². The molecule has 4 heterocycles. The Balaban J connectivity index is 1.63. The summed E-state index contributed by atoms with van der Waals surface area (Å²) in [6, 6.07) is 9.24. The fourth-order valence-electron chi connectivity index (χ4n) is 3.38. The second-order valence-corrected chi connectivity index (χ2v) is 8.81. The standard InChI is InChI=1S/C23H26N6O5/c1-15-9-10-18(34-15)21-25-27-29(26-21)14-19(30)28(13-16-7-5-11-32-16)20(17-8-6-12-33-17)22(31)24-23(2,3)4/h5-12,20H,13-14H2,1-4H3,(H,24,31). The number of nitrogens with one attached hydrogen (secondary N) is 1. The van der Waals surface area contributed by atoms with Gasteiger partial charge < -0.3 is 23.5 Å². The summed E-state index contributed by atoms with van der Waals surface area (Å²) < 4.78 is 16.5. The molecular weight excluding hydrogens is 440 g/mol. The quantitative estimate of drug-likeness (QED) is 0.419. The molecule has 0 aromatic carbocycles. The van der Waals surface area contributed by atoms with Crippen LogP contribution in [0.1, 0.15) is 44.1 Å². The van der Waals surface area contributed by atoms with Gasteiger partial charge in [0.15, 0.2) is 11.8 Å². The first-order valence-corrected chi connectivity index (χ1v) is 10.7. The molecule has 4 rings (SSSR count). The summed E-state index contributed by atoms with van der Waals surface area (Å²) >= 11 is 0. The van der Waals surface area contributed by atoms with Gasteiger partial charge in [-0.3, -0.25) is 9.59 Å². The van der Waals surface area contributed by atoms with Gasteiger partial charge in [0.25, 0.3) is 5.91 Å². The summed E-state index contributed by atoms with van der Waals surface area (Å²) in [6.45, 7) is 7.17. The number of hydrogen-bond acceptors (Lipinski definition) is 8. The molecule has 0 aliphatic rings. The molecule has 4 aromatic heterocycles. The summed E-state index contributed by atoms with van der Waals surface area (Å²) in [5.41, 5.74) is -0.523. The molecular formula is C23H26N6O5. The lowest BCUT2D eigenvalue weighted by Gasteiger charge is -2.31. The number of rotatable bonds is 8. The Bertz CT molecular complexity index is 1230. The first-order valence-electron chi connectivity index (χ1n) is 10.7. The number of furan rings is 3. The van der Waals surface area contributed by atoms with E-state index in [2.05, 4.69) is 20.7 Å². The molecule has 0 fully saturated rings. The minimum atomic E-state index is -1.04. The van der Waals surface area contributed by atoms with Gasteiger partial charge in [-0.2, -0.15) is 4.80 Å². The highest BCUT2D eigenvalue weighted by atomic mass is 16.3. The van der Waals surface area contributed by atoms with Gasteiger partial charge in [0.1, 0.15) is 23.8 Å². The average Bonchev–Trinajstić information content (AvgIpc) is 3.55. The van der Waals surface area contributed by atoms with Gasteiger partial charge in [-0.1, -0.05) is 0 Å². The van der Waals surface area contributed by atoms with Crippen molar-refractivity contribution in [1.82, 2.24) is 30.4 Å². The monoisotopic (exact) mass is 466 g/mol. The Kier molecular flexibility index (Phi) is 6.35. The molecule has 0 saturated heterocycles. The van der Waals surface area contributed by atoms with Crippen molar-refractivity contribution in [2.45, 2.75) is 52.4 Å². The maximum absolute atomic E-state index is 13.5. The lowest BCUT2D eigenvalue weighted by atomic mass is 10.1. The van der Waals surface area contributed by atoms with Crippen molar-refractivity contribution in [2.24, 2.45) is 0 Å². The van der Waals surface area contributed by atoms with Gasteiger partial charge in [0.2, 0.25) is 11.7 Å². The molecule has 2 amide bonds. The van der Waals surface area contributed by atoms with Crippen LogP contribution in [0.5, 0.6) is 0 Å². The van der Waals surface area contributed by atoms with E-state index in [1.165, 1.54) is 17.4 Å². The van der Waals surface area contributed by atoms with E-state index < -0.39 is 17.5 Å². The van der Waals surface area contributed by atoms with Crippen LogP contribution in [0.4, 0.5) is 0 Å². The lowest BCUT2D eigenvalue weighted by molar-refractivity contribution is -0.144. The van der Waals surface area contributed by atoms with Crippen LogP contribution in [-0.4, -0.2) is 42.5 Å². The van der Waals surface area contributed by atoms with E-state index in [9.17, 15) is 9.59 Å². The molecule has 178 valence electrons.